The van der Waals surface area contributed by atoms with E-state index in [2.05, 4.69) is 10.3 Å². The highest BCUT2D eigenvalue weighted by Gasteiger charge is 2.27. The van der Waals surface area contributed by atoms with Gasteiger partial charge in [-0.1, -0.05) is 0 Å². The summed E-state index contributed by atoms with van der Waals surface area (Å²) in [6.45, 7) is 3.28. The summed E-state index contributed by atoms with van der Waals surface area (Å²) in [5.74, 6) is -0.399. The molecule has 0 unspecified atom stereocenters. The molecule has 5 nitrogen and oxygen atoms in total. The SMILES string of the molecule is COC(C)(C)C(=O)Nc1ccncc1O. The minimum Gasteiger partial charge on any atom is -0.504 e. The molecule has 1 heterocycles. The van der Waals surface area contributed by atoms with Crippen LogP contribution in [0.25, 0.3) is 0 Å². The van der Waals surface area contributed by atoms with Gasteiger partial charge in [0.15, 0.2) is 5.75 Å². The molecule has 0 aliphatic rings. The number of carbonyl (C=O) groups excluding carboxylic acids is 1. The van der Waals surface area contributed by atoms with Crippen LogP contribution in [0.1, 0.15) is 13.8 Å². The smallest absolute Gasteiger partial charge is 0.256 e. The Morgan fingerprint density at radius 3 is 2.80 bits per heavy atom. The summed E-state index contributed by atoms with van der Waals surface area (Å²) in [7, 11) is 1.45. The minimum atomic E-state index is -0.935. The van der Waals surface area contributed by atoms with Gasteiger partial charge in [0, 0.05) is 13.3 Å². The van der Waals surface area contributed by atoms with Crippen molar-refractivity contribution >= 4 is 11.6 Å². The van der Waals surface area contributed by atoms with Crippen molar-refractivity contribution in [3.63, 3.8) is 0 Å². The molecule has 0 saturated carbocycles. The summed E-state index contributed by atoms with van der Waals surface area (Å²) in [6.07, 6.45) is 2.74. The van der Waals surface area contributed by atoms with E-state index in [0.29, 0.717) is 5.69 Å². The standard InChI is InChI=1S/C10H14N2O3/c1-10(2,15-3)9(14)12-7-4-5-11-6-8(7)13/h4-6,13H,1-3H3,(H,11,12,14). The fraction of sp³-hybridized carbons (Fsp3) is 0.400. The molecule has 1 aromatic heterocycles. The zero-order chi connectivity index (χ0) is 11.5. The third-order valence-electron chi connectivity index (χ3n) is 2.11. The highest BCUT2D eigenvalue weighted by atomic mass is 16.5. The molecule has 0 saturated heterocycles. The second-order valence-corrected chi connectivity index (χ2v) is 3.56. The van der Waals surface area contributed by atoms with Crippen molar-refractivity contribution in [1.82, 2.24) is 4.98 Å². The lowest BCUT2D eigenvalue weighted by molar-refractivity contribution is -0.133. The van der Waals surface area contributed by atoms with Gasteiger partial charge in [-0.15, -0.1) is 0 Å². The third-order valence-corrected chi connectivity index (χ3v) is 2.11. The number of carbonyl (C=O) groups is 1. The molecule has 0 radical (unpaired) electrons. The number of aromatic nitrogens is 1. The topological polar surface area (TPSA) is 71.5 Å². The summed E-state index contributed by atoms with van der Waals surface area (Å²) in [5, 5.41) is 11.9. The Balaban J connectivity index is 2.80. The molecule has 1 rings (SSSR count). The summed E-state index contributed by atoms with van der Waals surface area (Å²) in [6, 6.07) is 1.51. The van der Waals surface area contributed by atoms with Crippen LogP contribution in [0.4, 0.5) is 5.69 Å². The Hall–Kier alpha value is -1.62. The van der Waals surface area contributed by atoms with E-state index in [1.165, 1.54) is 25.6 Å². The van der Waals surface area contributed by atoms with E-state index in [1.54, 1.807) is 13.8 Å². The summed E-state index contributed by atoms with van der Waals surface area (Å²) in [4.78, 5) is 15.4. The van der Waals surface area contributed by atoms with E-state index >= 15 is 0 Å². The Labute approximate surface area is 88.1 Å². The molecule has 1 amide bonds. The molecule has 15 heavy (non-hydrogen) atoms. The van der Waals surface area contributed by atoms with Gasteiger partial charge in [0.1, 0.15) is 5.60 Å². The van der Waals surface area contributed by atoms with E-state index in [1.807, 2.05) is 0 Å². The Kier molecular flexibility index (Phi) is 3.26. The predicted molar refractivity (Wildman–Crippen MR) is 55.6 cm³/mol. The van der Waals surface area contributed by atoms with Gasteiger partial charge in [-0.05, 0) is 19.9 Å². The second kappa shape index (κ2) is 4.27. The minimum absolute atomic E-state index is 0.0715. The van der Waals surface area contributed by atoms with Crippen LogP contribution in [0, 0.1) is 0 Å². The van der Waals surface area contributed by atoms with Gasteiger partial charge >= 0.3 is 0 Å². The summed E-state index contributed by atoms with van der Waals surface area (Å²) >= 11 is 0. The molecule has 5 heteroatoms. The van der Waals surface area contributed by atoms with E-state index in [-0.39, 0.29) is 11.7 Å². The van der Waals surface area contributed by atoms with Crippen molar-refractivity contribution in [2.75, 3.05) is 12.4 Å². The van der Waals surface area contributed by atoms with Crippen LogP contribution in [-0.2, 0) is 9.53 Å². The summed E-state index contributed by atoms with van der Waals surface area (Å²) in [5.41, 5.74) is -0.615. The van der Waals surface area contributed by atoms with Gasteiger partial charge in [0.05, 0.1) is 11.9 Å². The molecule has 1 aromatic rings. The van der Waals surface area contributed by atoms with Gasteiger partial charge < -0.3 is 15.2 Å². The largest absolute Gasteiger partial charge is 0.504 e. The van der Waals surface area contributed by atoms with Gasteiger partial charge in [0.25, 0.3) is 5.91 Å². The lowest BCUT2D eigenvalue weighted by Crippen LogP contribution is -2.38. The lowest BCUT2D eigenvalue weighted by atomic mass is 10.1. The van der Waals surface area contributed by atoms with Crippen LogP contribution >= 0.6 is 0 Å². The molecule has 0 aliphatic carbocycles. The van der Waals surface area contributed by atoms with Crippen molar-refractivity contribution in [2.45, 2.75) is 19.4 Å². The van der Waals surface area contributed by atoms with Gasteiger partial charge in [0.2, 0.25) is 0 Å². The maximum absolute atomic E-state index is 11.6. The van der Waals surface area contributed by atoms with Crippen molar-refractivity contribution in [3.05, 3.63) is 18.5 Å². The maximum atomic E-state index is 11.6. The van der Waals surface area contributed by atoms with Crippen LogP contribution < -0.4 is 5.32 Å². The number of rotatable bonds is 3. The number of hydrogen-bond donors (Lipinski definition) is 2. The molecule has 0 aromatic carbocycles. The maximum Gasteiger partial charge on any atom is 0.256 e. The van der Waals surface area contributed by atoms with Crippen LogP contribution in [0.5, 0.6) is 5.75 Å². The van der Waals surface area contributed by atoms with Crippen molar-refractivity contribution in [1.29, 1.82) is 0 Å². The molecule has 0 spiro atoms. The molecule has 0 atom stereocenters. The average Bonchev–Trinajstić information content (AvgIpc) is 2.21. The first-order valence-corrected chi connectivity index (χ1v) is 4.47. The molecule has 0 bridgehead atoms. The monoisotopic (exact) mass is 210 g/mol. The first-order chi connectivity index (χ1) is 6.97. The molecule has 82 valence electrons. The number of methoxy groups -OCH3 is 1. The number of nitrogens with zero attached hydrogens (tertiary/aromatic N) is 1. The predicted octanol–water partition coefficient (Wildman–Crippen LogP) is 1.15. The molecule has 0 aliphatic heterocycles. The van der Waals surface area contributed by atoms with Crippen LogP contribution in [0.15, 0.2) is 18.5 Å². The van der Waals surface area contributed by atoms with E-state index in [0.717, 1.165) is 0 Å². The Morgan fingerprint density at radius 1 is 1.60 bits per heavy atom. The normalized spacial score (nSPS) is 11.1. The first-order valence-electron chi connectivity index (χ1n) is 4.47. The molecule has 0 fully saturated rings. The number of nitrogens with one attached hydrogen (secondary N) is 1. The van der Waals surface area contributed by atoms with Crippen LogP contribution in [0.3, 0.4) is 0 Å². The summed E-state index contributed by atoms with van der Waals surface area (Å²) < 4.78 is 5.00. The molecule has 2 N–H and O–H groups in total. The van der Waals surface area contributed by atoms with Crippen molar-refractivity contribution < 1.29 is 14.6 Å². The third kappa shape index (κ3) is 2.66. The van der Waals surface area contributed by atoms with Gasteiger partial charge in [-0.2, -0.15) is 0 Å². The van der Waals surface area contributed by atoms with Crippen LogP contribution in [0.2, 0.25) is 0 Å². The van der Waals surface area contributed by atoms with Gasteiger partial charge in [-0.3, -0.25) is 9.78 Å². The van der Waals surface area contributed by atoms with E-state index in [9.17, 15) is 9.90 Å². The second-order valence-electron chi connectivity index (χ2n) is 3.56. The number of amides is 1. The van der Waals surface area contributed by atoms with E-state index in [4.69, 9.17) is 4.74 Å². The number of hydrogen-bond acceptors (Lipinski definition) is 4. The fourth-order valence-electron chi connectivity index (χ4n) is 0.857. The Morgan fingerprint density at radius 2 is 2.27 bits per heavy atom. The number of anilines is 1. The average molecular weight is 210 g/mol. The number of pyridine rings is 1. The fourth-order valence-corrected chi connectivity index (χ4v) is 0.857. The quantitative estimate of drug-likeness (QED) is 0.785. The zero-order valence-electron chi connectivity index (χ0n) is 8.94. The number of aromatic hydroxyl groups is 1. The highest BCUT2D eigenvalue weighted by Crippen LogP contribution is 2.21. The van der Waals surface area contributed by atoms with Gasteiger partial charge in [-0.25, -0.2) is 0 Å². The van der Waals surface area contributed by atoms with E-state index < -0.39 is 5.60 Å². The Bertz CT molecular complexity index is 363. The van der Waals surface area contributed by atoms with Crippen LogP contribution in [-0.4, -0.2) is 28.7 Å². The molecular formula is C10H14N2O3. The molecular weight excluding hydrogens is 196 g/mol. The zero-order valence-corrected chi connectivity index (χ0v) is 8.94. The van der Waals surface area contributed by atoms with Crippen molar-refractivity contribution in [3.8, 4) is 5.75 Å². The number of ether oxygens (including phenoxy) is 1. The lowest BCUT2D eigenvalue weighted by Gasteiger charge is -2.21. The highest BCUT2D eigenvalue weighted by molar-refractivity contribution is 5.97. The first kappa shape index (κ1) is 11.5. The van der Waals surface area contributed by atoms with Crippen molar-refractivity contribution in [2.24, 2.45) is 0 Å².